The van der Waals surface area contributed by atoms with Gasteiger partial charge in [0.25, 0.3) is 0 Å². The number of benzene rings is 2. The van der Waals surface area contributed by atoms with Crippen LogP contribution in [0.5, 0.6) is 0 Å². The van der Waals surface area contributed by atoms with Crippen LogP contribution in [0.1, 0.15) is 25.3 Å². The van der Waals surface area contributed by atoms with Gasteiger partial charge in [0.05, 0.1) is 11.8 Å². The van der Waals surface area contributed by atoms with Crippen LogP contribution in [0, 0.1) is 17.2 Å². The van der Waals surface area contributed by atoms with Crippen LogP contribution in [0.4, 0.5) is 5.13 Å². The first-order valence-corrected chi connectivity index (χ1v) is 12.7. The van der Waals surface area contributed by atoms with Gasteiger partial charge in [-0.05, 0) is 35.4 Å². The summed E-state index contributed by atoms with van der Waals surface area (Å²) in [5.74, 6) is 0.336. The third-order valence-electron chi connectivity index (χ3n) is 6.13. The van der Waals surface area contributed by atoms with Gasteiger partial charge >= 0.3 is 0 Å². The molecule has 2 aromatic carbocycles. The van der Waals surface area contributed by atoms with Gasteiger partial charge in [0.2, 0.25) is 5.91 Å². The smallest absolute Gasteiger partial charge is 0.220 e. The van der Waals surface area contributed by atoms with E-state index in [4.69, 9.17) is 10.2 Å². The Balaban J connectivity index is 1.37. The van der Waals surface area contributed by atoms with Crippen molar-refractivity contribution >= 4 is 22.4 Å². The lowest BCUT2D eigenvalue weighted by Crippen LogP contribution is -2.43. The van der Waals surface area contributed by atoms with Crippen molar-refractivity contribution in [1.82, 2.24) is 15.6 Å². The Morgan fingerprint density at radius 1 is 1.18 bits per heavy atom. The number of aromatic nitrogens is 1. The van der Waals surface area contributed by atoms with Crippen LogP contribution in [-0.4, -0.2) is 43.6 Å². The second kappa shape index (κ2) is 11.8. The zero-order chi connectivity index (χ0) is 23.8. The summed E-state index contributed by atoms with van der Waals surface area (Å²) < 4.78 is 0. The number of nitrogens with zero attached hydrogens (tertiary/aromatic N) is 3. The van der Waals surface area contributed by atoms with Crippen LogP contribution >= 0.6 is 11.3 Å². The number of hydrogen-bond acceptors (Lipinski definition) is 6. The molecule has 34 heavy (non-hydrogen) atoms. The molecular formula is C27H31N5OS. The number of nitrogens with one attached hydrogen (secondary N) is 2. The topological polar surface area (TPSA) is 81.0 Å². The molecule has 1 unspecified atom stereocenters. The maximum absolute atomic E-state index is 11.7. The average molecular weight is 474 g/mol. The highest BCUT2D eigenvalue weighted by atomic mass is 32.1. The van der Waals surface area contributed by atoms with E-state index >= 15 is 0 Å². The summed E-state index contributed by atoms with van der Waals surface area (Å²) in [6.07, 6.45) is 2.18. The number of carbonyl (C=O) groups excluding carboxylic acids is 1. The Morgan fingerprint density at radius 3 is 2.71 bits per heavy atom. The van der Waals surface area contributed by atoms with Crippen molar-refractivity contribution in [2.45, 2.75) is 26.2 Å². The molecule has 176 valence electrons. The predicted molar refractivity (Wildman–Crippen MR) is 139 cm³/mol. The summed E-state index contributed by atoms with van der Waals surface area (Å²) in [4.78, 5) is 19.0. The highest BCUT2D eigenvalue weighted by Gasteiger charge is 2.15. The summed E-state index contributed by atoms with van der Waals surface area (Å²) in [6, 6.07) is 19.2. The molecule has 2 heterocycles. The van der Waals surface area contributed by atoms with Gasteiger partial charge in [-0.2, -0.15) is 5.26 Å². The van der Waals surface area contributed by atoms with E-state index < -0.39 is 0 Å². The Labute approximate surface area is 205 Å². The molecule has 0 bridgehead atoms. The molecule has 0 radical (unpaired) electrons. The maximum Gasteiger partial charge on any atom is 0.220 e. The van der Waals surface area contributed by atoms with Crippen LogP contribution in [0.2, 0.25) is 0 Å². The van der Waals surface area contributed by atoms with E-state index in [9.17, 15) is 4.79 Å². The molecule has 0 aliphatic carbocycles. The predicted octanol–water partition coefficient (Wildman–Crippen LogP) is 4.49. The number of amides is 1. The van der Waals surface area contributed by atoms with Crippen molar-refractivity contribution in [1.29, 1.82) is 5.26 Å². The molecule has 2 N–H and O–H groups in total. The van der Waals surface area contributed by atoms with Gasteiger partial charge < -0.3 is 15.5 Å². The first kappa shape index (κ1) is 23.9. The van der Waals surface area contributed by atoms with Gasteiger partial charge in [-0.3, -0.25) is 4.79 Å². The van der Waals surface area contributed by atoms with Gasteiger partial charge in [-0.1, -0.05) is 55.5 Å². The zero-order valence-corrected chi connectivity index (χ0v) is 20.4. The number of rotatable bonds is 9. The first-order valence-electron chi connectivity index (χ1n) is 11.9. The quantitative estimate of drug-likeness (QED) is 0.448. The number of anilines is 1. The fraction of sp³-hybridized carbons (Fsp3) is 0.370. The normalized spacial score (nSPS) is 14.4. The molecule has 1 aromatic heterocycles. The molecule has 0 saturated carbocycles. The summed E-state index contributed by atoms with van der Waals surface area (Å²) in [6.45, 7) is 6.29. The summed E-state index contributed by atoms with van der Waals surface area (Å²) in [7, 11) is 0. The molecule has 1 fully saturated rings. The lowest BCUT2D eigenvalue weighted by molar-refractivity contribution is -0.121. The van der Waals surface area contributed by atoms with E-state index in [1.165, 1.54) is 16.7 Å². The molecule has 1 amide bonds. The summed E-state index contributed by atoms with van der Waals surface area (Å²) in [5.41, 5.74) is 5.83. The van der Waals surface area contributed by atoms with Gasteiger partial charge in [0.1, 0.15) is 6.54 Å². The van der Waals surface area contributed by atoms with Crippen LogP contribution in [0.25, 0.3) is 22.4 Å². The largest absolute Gasteiger partial charge is 0.346 e. The second-order valence-electron chi connectivity index (χ2n) is 8.81. The molecule has 1 saturated heterocycles. The fourth-order valence-corrected chi connectivity index (χ4v) is 5.11. The van der Waals surface area contributed by atoms with Crippen molar-refractivity contribution < 1.29 is 4.79 Å². The highest BCUT2D eigenvalue weighted by Crippen LogP contribution is 2.30. The Hall–Kier alpha value is -3.21. The van der Waals surface area contributed by atoms with Crippen molar-refractivity contribution in [3.05, 3.63) is 59.5 Å². The third-order valence-corrected chi connectivity index (χ3v) is 7.03. The lowest BCUT2D eigenvalue weighted by atomic mass is 9.94. The molecule has 1 aliphatic heterocycles. The number of nitriles is 1. The number of hydrogen-bond donors (Lipinski definition) is 2. The Bertz CT molecular complexity index is 1130. The van der Waals surface area contributed by atoms with Crippen molar-refractivity contribution in [3.63, 3.8) is 0 Å². The molecule has 7 heteroatoms. The van der Waals surface area contributed by atoms with Crippen LogP contribution < -0.4 is 15.5 Å². The lowest BCUT2D eigenvalue weighted by Gasteiger charge is -2.26. The Morgan fingerprint density at radius 2 is 1.94 bits per heavy atom. The fourth-order valence-electron chi connectivity index (χ4n) is 4.22. The number of thiazole rings is 1. The first-order chi connectivity index (χ1) is 16.6. The van der Waals surface area contributed by atoms with E-state index in [0.29, 0.717) is 12.3 Å². The summed E-state index contributed by atoms with van der Waals surface area (Å²) in [5, 5.41) is 17.8. The van der Waals surface area contributed by atoms with Crippen LogP contribution in [-0.2, 0) is 11.2 Å². The Kier molecular flexibility index (Phi) is 8.29. The van der Waals surface area contributed by atoms with Gasteiger partial charge in [0, 0.05) is 43.5 Å². The second-order valence-corrected chi connectivity index (χ2v) is 9.65. The van der Waals surface area contributed by atoms with E-state index in [1.54, 1.807) is 11.3 Å². The van der Waals surface area contributed by atoms with E-state index in [-0.39, 0.29) is 12.5 Å². The number of piperazine rings is 1. The average Bonchev–Trinajstić information content (AvgIpc) is 3.37. The van der Waals surface area contributed by atoms with Gasteiger partial charge in [-0.25, -0.2) is 4.98 Å². The van der Waals surface area contributed by atoms with Crippen LogP contribution in [0.15, 0.2) is 53.9 Å². The maximum atomic E-state index is 11.7. The van der Waals surface area contributed by atoms with Crippen LogP contribution in [0.3, 0.4) is 0 Å². The van der Waals surface area contributed by atoms with E-state index in [0.717, 1.165) is 55.4 Å². The highest BCUT2D eigenvalue weighted by molar-refractivity contribution is 7.14. The van der Waals surface area contributed by atoms with Crippen molar-refractivity contribution in [2.75, 3.05) is 37.6 Å². The molecular weight excluding hydrogens is 442 g/mol. The molecule has 1 aliphatic rings. The number of carbonyl (C=O) groups is 1. The minimum absolute atomic E-state index is 0.0533. The standard InChI is InChI=1S/C27H31N5OS/c1-20(5-10-26(33)30-12-11-28)17-21-3-2-4-24(18-21)22-6-8-23(9-7-22)25-19-34-27(31-25)32-15-13-29-14-16-32/h2-4,6-9,18-20,29H,5,10,12-17H2,1H3,(H,30,33). The van der Waals surface area contributed by atoms with Gasteiger partial charge in [-0.15, -0.1) is 11.3 Å². The monoisotopic (exact) mass is 473 g/mol. The molecule has 1 atom stereocenters. The van der Waals surface area contributed by atoms with Crippen molar-refractivity contribution in [3.8, 4) is 28.5 Å². The third kappa shape index (κ3) is 6.43. The van der Waals surface area contributed by atoms with Gasteiger partial charge in [0.15, 0.2) is 5.13 Å². The van der Waals surface area contributed by atoms with E-state index in [1.807, 2.05) is 6.07 Å². The minimum Gasteiger partial charge on any atom is -0.346 e. The molecule has 3 aromatic rings. The molecule has 0 spiro atoms. The van der Waals surface area contributed by atoms with Crippen molar-refractivity contribution in [2.24, 2.45) is 5.92 Å². The zero-order valence-electron chi connectivity index (χ0n) is 19.6. The molecule has 6 nitrogen and oxygen atoms in total. The minimum atomic E-state index is -0.0533. The molecule has 4 rings (SSSR count). The van der Waals surface area contributed by atoms with E-state index in [2.05, 4.69) is 76.4 Å². The SMILES string of the molecule is CC(CCC(=O)NCC#N)Cc1cccc(-c2ccc(-c3csc(N4CCNCC4)n3)cc2)c1. The summed E-state index contributed by atoms with van der Waals surface area (Å²) >= 11 is 1.72.